The first-order valence-electron chi connectivity index (χ1n) is 10.4. The number of nitrogens with zero attached hydrogens (tertiary/aromatic N) is 1. The van der Waals surface area contributed by atoms with Gasteiger partial charge < -0.3 is 5.32 Å². The van der Waals surface area contributed by atoms with Crippen molar-refractivity contribution in [3.8, 4) is 0 Å². The molecule has 0 bridgehead atoms. The second-order valence-corrected chi connectivity index (χ2v) is 8.57. The van der Waals surface area contributed by atoms with E-state index >= 15 is 0 Å². The molecule has 2 aromatic carbocycles. The van der Waals surface area contributed by atoms with Crippen LogP contribution in [0.2, 0.25) is 10.0 Å². The van der Waals surface area contributed by atoms with Gasteiger partial charge in [-0.3, -0.25) is 14.5 Å². The molecule has 2 aliphatic rings. The summed E-state index contributed by atoms with van der Waals surface area (Å²) < 4.78 is 0. The Bertz CT molecular complexity index is 1030. The zero-order valence-corrected chi connectivity index (χ0v) is 18.4. The number of Topliss-reactive ketones (excluding diaryl/α,β-unsaturated/α-hetero) is 1. The van der Waals surface area contributed by atoms with Crippen molar-refractivity contribution in [3.63, 3.8) is 0 Å². The summed E-state index contributed by atoms with van der Waals surface area (Å²) in [6.07, 6.45) is 4.17. The van der Waals surface area contributed by atoms with Gasteiger partial charge in [0.05, 0.1) is 27.5 Å². The third-order valence-corrected chi connectivity index (χ3v) is 6.45. The number of hydrogen-bond donors (Lipinski definition) is 1. The van der Waals surface area contributed by atoms with Crippen LogP contribution in [-0.4, -0.2) is 11.7 Å². The maximum atomic E-state index is 13.5. The number of para-hydroxylation sites is 2. The van der Waals surface area contributed by atoms with E-state index in [1.54, 1.807) is 17.0 Å². The number of benzene rings is 2. The van der Waals surface area contributed by atoms with E-state index in [1.807, 2.05) is 30.3 Å². The van der Waals surface area contributed by atoms with Gasteiger partial charge in [0.1, 0.15) is 0 Å². The molecule has 4 nitrogen and oxygen atoms in total. The molecule has 2 aromatic rings. The van der Waals surface area contributed by atoms with Crippen LogP contribution in [0.3, 0.4) is 0 Å². The summed E-state index contributed by atoms with van der Waals surface area (Å²) in [4.78, 5) is 28.4. The van der Waals surface area contributed by atoms with E-state index in [0.717, 1.165) is 48.3 Å². The molecule has 1 aliphatic carbocycles. The Balaban J connectivity index is 1.96. The number of halogens is 2. The van der Waals surface area contributed by atoms with Crippen LogP contribution < -0.4 is 10.2 Å². The molecule has 1 unspecified atom stereocenters. The van der Waals surface area contributed by atoms with Gasteiger partial charge in [0.15, 0.2) is 5.78 Å². The summed E-state index contributed by atoms with van der Waals surface area (Å²) in [5.74, 6) is 0.0650. The van der Waals surface area contributed by atoms with Crippen molar-refractivity contribution in [2.45, 2.75) is 51.5 Å². The zero-order chi connectivity index (χ0) is 21.3. The molecule has 1 amide bonds. The van der Waals surface area contributed by atoms with Crippen LogP contribution >= 0.6 is 23.2 Å². The van der Waals surface area contributed by atoms with Crippen molar-refractivity contribution in [1.29, 1.82) is 0 Å². The third kappa shape index (κ3) is 3.86. The Morgan fingerprint density at radius 3 is 2.70 bits per heavy atom. The van der Waals surface area contributed by atoms with Gasteiger partial charge in [-0.25, -0.2) is 0 Å². The Morgan fingerprint density at radius 1 is 1.13 bits per heavy atom. The van der Waals surface area contributed by atoms with Crippen molar-refractivity contribution < 1.29 is 9.59 Å². The molecule has 156 valence electrons. The summed E-state index contributed by atoms with van der Waals surface area (Å²) in [5.41, 5.74) is 3.95. The highest BCUT2D eigenvalue weighted by Gasteiger charge is 2.39. The molecule has 1 aliphatic heterocycles. The number of rotatable bonds is 4. The molecule has 0 spiro atoms. The Labute approximate surface area is 186 Å². The van der Waals surface area contributed by atoms with Crippen LogP contribution in [0.4, 0.5) is 11.4 Å². The van der Waals surface area contributed by atoms with Gasteiger partial charge in [-0.2, -0.15) is 0 Å². The Morgan fingerprint density at radius 2 is 1.93 bits per heavy atom. The van der Waals surface area contributed by atoms with E-state index < -0.39 is 6.04 Å². The van der Waals surface area contributed by atoms with E-state index in [0.29, 0.717) is 28.5 Å². The Hall–Kier alpha value is -2.30. The summed E-state index contributed by atoms with van der Waals surface area (Å²) in [6, 6.07) is 12.6. The quantitative estimate of drug-likeness (QED) is 0.573. The van der Waals surface area contributed by atoms with Gasteiger partial charge >= 0.3 is 0 Å². The molecule has 0 aromatic heterocycles. The number of carbonyl (C=O) groups is 2. The maximum absolute atomic E-state index is 13.5. The lowest BCUT2D eigenvalue weighted by Gasteiger charge is -2.34. The highest BCUT2D eigenvalue weighted by atomic mass is 35.5. The fourth-order valence-corrected chi connectivity index (χ4v) is 4.56. The smallest absolute Gasteiger partial charge is 0.227 e. The first-order chi connectivity index (χ1) is 14.5. The SMILES string of the molecule is CCCCC(=O)N1c2ccccc2NC2=C(C(=O)CCC2)C1c1ccc(Cl)c(Cl)c1. The predicted octanol–water partition coefficient (Wildman–Crippen LogP) is 6.69. The molecule has 1 atom stereocenters. The molecule has 0 radical (unpaired) electrons. The second-order valence-electron chi connectivity index (χ2n) is 7.75. The van der Waals surface area contributed by atoms with E-state index in [2.05, 4.69) is 12.2 Å². The lowest BCUT2D eigenvalue weighted by molar-refractivity contribution is -0.119. The summed E-state index contributed by atoms with van der Waals surface area (Å²) >= 11 is 12.5. The lowest BCUT2D eigenvalue weighted by atomic mass is 9.85. The van der Waals surface area contributed by atoms with Crippen molar-refractivity contribution in [1.82, 2.24) is 0 Å². The first kappa shape index (κ1) is 21.0. The number of unbranched alkanes of at least 4 members (excludes halogenated alkanes) is 1. The third-order valence-electron chi connectivity index (χ3n) is 5.71. The molecule has 0 fully saturated rings. The second kappa shape index (κ2) is 8.83. The largest absolute Gasteiger partial charge is 0.357 e. The van der Waals surface area contributed by atoms with Gasteiger partial charge in [0, 0.05) is 24.1 Å². The zero-order valence-electron chi connectivity index (χ0n) is 16.9. The molecular weight excluding hydrogens is 419 g/mol. The molecule has 1 heterocycles. The Kier molecular flexibility index (Phi) is 6.16. The van der Waals surface area contributed by atoms with Crippen LogP contribution in [0, 0.1) is 0 Å². The lowest BCUT2D eigenvalue weighted by Crippen LogP contribution is -2.38. The topological polar surface area (TPSA) is 49.4 Å². The fourth-order valence-electron chi connectivity index (χ4n) is 4.26. The molecule has 30 heavy (non-hydrogen) atoms. The number of anilines is 2. The predicted molar refractivity (Wildman–Crippen MR) is 122 cm³/mol. The minimum Gasteiger partial charge on any atom is -0.357 e. The number of allylic oxidation sites excluding steroid dienone is 1. The van der Waals surface area contributed by atoms with E-state index in [-0.39, 0.29) is 11.7 Å². The highest BCUT2D eigenvalue weighted by Crippen LogP contribution is 2.45. The van der Waals surface area contributed by atoms with Crippen LogP contribution in [0.5, 0.6) is 0 Å². The number of carbonyl (C=O) groups excluding carboxylic acids is 2. The number of amides is 1. The van der Waals surface area contributed by atoms with Crippen LogP contribution in [0.15, 0.2) is 53.7 Å². The summed E-state index contributed by atoms with van der Waals surface area (Å²) in [6.45, 7) is 2.06. The van der Waals surface area contributed by atoms with Crippen molar-refractivity contribution in [3.05, 3.63) is 69.3 Å². The molecule has 0 saturated carbocycles. The minimum atomic E-state index is -0.539. The van der Waals surface area contributed by atoms with Crippen molar-refractivity contribution in [2.24, 2.45) is 0 Å². The van der Waals surface area contributed by atoms with Crippen LogP contribution in [0.1, 0.15) is 57.1 Å². The average molecular weight is 443 g/mol. The highest BCUT2D eigenvalue weighted by molar-refractivity contribution is 6.42. The van der Waals surface area contributed by atoms with Crippen molar-refractivity contribution >= 4 is 46.3 Å². The van der Waals surface area contributed by atoms with Crippen LogP contribution in [-0.2, 0) is 9.59 Å². The maximum Gasteiger partial charge on any atom is 0.227 e. The van der Waals surface area contributed by atoms with Crippen LogP contribution in [0.25, 0.3) is 0 Å². The number of ketones is 1. The van der Waals surface area contributed by atoms with Gasteiger partial charge in [0.25, 0.3) is 0 Å². The van der Waals surface area contributed by atoms with Gasteiger partial charge in [0.2, 0.25) is 5.91 Å². The van der Waals surface area contributed by atoms with Crippen molar-refractivity contribution in [2.75, 3.05) is 10.2 Å². The van der Waals surface area contributed by atoms with Gasteiger partial charge in [-0.15, -0.1) is 0 Å². The van der Waals surface area contributed by atoms with E-state index in [9.17, 15) is 9.59 Å². The molecule has 1 N–H and O–H groups in total. The number of hydrogen-bond acceptors (Lipinski definition) is 3. The normalized spacial score (nSPS) is 18.4. The van der Waals surface area contributed by atoms with E-state index in [1.165, 1.54) is 0 Å². The molecular formula is C24H24Cl2N2O2. The van der Waals surface area contributed by atoms with Gasteiger partial charge in [-0.1, -0.05) is 54.7 Å². The van der Waals surface area contributed by atoms with E-state index in [4.69, 9.17) is 23.2 Å². The minimum absolute atomic E-state index is 0.00528. The first-order valence-corrected chi connectivity index (χ1v) is 11.2. The monoisotopic (exact) mass is 442 g/mol. The standard InChI is InChI=1S/C24H24Cl2N2O2/c1-2-3-11-22(30)28-20-9-5-4-7-18(20)27-19-8-6-10-21(29)23(19)24(28)15-12-13-16(25)17(26)14-15/h4-5,7,9,12-14,24,27H,2-3,6,8,10-11H2,1H3. The molecule has 4 rings (SSSR count). The average Bonchev–Trinajstić information content (AvgIpc) is 2.89. The molecule has 0 saturated heterocycles. The van der Waals surface area contributed by atoms with Gasteiger partial charge in [-0.05, 0) is 49.1 Å². The number of nitrogens with one attached hydrogen (secondary N) is 1. The fraction of sp³-hybridized carbons (Fsp3) is 0.333. The molecule has 6 heteroatoms. The summed E-state index contributed by atoms with van der Waals surface area (Å²) in [5, 5.41) is 4.32. The number of fused-ring (bicyclic) bond motifs is 1. The summed E-state index contributed by atoms with van der Waals surface area (Å²) in [7, 11) is 0.